The van der Waals surface area contributed by atoms with Crippen molar-refractivity contribution >= 4 is 52.5 Å². The van der Waals surface area contributed by atoms with Crippen molar-refractivity contribution in [2.24, 2.45) is 5.92 Å². The molecule has 5 nitrogen and oxygen atoms in total. The molecule has 0 spiro atoms. The molecule has 0 radical (unpaired) electrons. The standard InChI is InChI=1S/C20H20Cl2N2O3/c1-12(2)20(26)24-17-8-7-15(11-18(17)27-3)23-19(25)9-5-13-4-6-14(21)10-16(13)22/h4-12H,1-3H3,(H,23,25)(H,24,26). The van der Waals surface area contributed by atoms with E-state index in [1.165, 1.54) is 13.2 Å². The summed E-state index contributed by atoms with van der Waals surface area (Å²) in [4.78, 5) is 24.0. The van der Waals surface area contributed by atoms with Gasteiger partial charge in [0.2, 0.25) is 11.8 Å². The van der Waals surface area contributed by atoms with Gasteiger partial charge in [0, 0.05) is 33.8 Å². The molecule has 2 N–H and O–H groups in total. The van der Waals surface area contributed by atoms with Gasteiger partial charge in [-0.05, 0) is 35.9 Å². The van der Waals surface area contributed by atoms with Crippen molar-refractivity contribution in [2.45, 2.75) is 13.8 Å². The first-order valence-corrected chi connectivity index (χ1v) is 8.98. The van der Waals surface area contributed by atoms with Gasteiger partial charge in [0.15, 0.2) is 0 Å². The van der Waals surface area contributed by atoms with Crippen LogP contribution in [0, 0.1) is 5.92 Å². The van der Waals surface area contributed by atoms with Gasteiger partial charge in [0.1, 0.15) is 5.75 Å². The summed E-state index contributed by atoms with van der Waals surface area (Å²) in [5, 5.41) is 6.50. The van der Waals surface area contributed by atoms with Crippen molar-refractivity contribution < 1.29 is 14.3 Å². The van der Waals surface area contributed by atoms with Crippen LogP contribution in [0.15, 0.2) is 42.5 Å². The molecule has 2 aromatic carbocycles. The number of rotatable bonds is 6. The molecular weight excluding hydrogens is 387 g/mol. The van der Waals surface area contributed by atoms with Gasteiger partial charge in [0.25, 0.3) is 0 Å². The third kappa shape index (κ3) is 6.01. The van der Waals surface area contributed by atoms with Gasteiger partial charge >= 0.3 is 0 Å². The Balaban J connectivity index is 2.09. The molecule has 0 bridgehead atoms. The number of ether oxygens (including phenoxy) is 1. The Bertz CT molecular complexity index is 880. The first-order valence-electron chi connectivity index (χ1n) is 8.23. The van der Waals surface area contributed by atoms with Crippen molar-refractivity contribution in [3.63, 3.8) is 0 Å². The van der Waals surface area contributed by atoms with Crippen molar-refractivity contribution in [2.75, 3.05) is 17.7 Å². The van der Waals surface area contributed by atoms with Crippen LogP contribution in [-0.4, -0.2) is 18.9 Å². The van der Waals surface area contributed by atoms with Crippen molar-refractivity contribution in [1.82, 2.24) is 0 Å². The smallest absolute Gasteiger partial charge is 0.248 e. The second kappa shape index (κ2) is 9.44. The molecule has 0 saturated carbocycles. The lowest BCUT2D eigenvalue weighted by Crippen LogP contribution is -2.18. The largest absolute Gasteiger partial charge is 0.494 e. The minimum absolute atomic E-state index is 0.118. The third-order valence-corrected chi connectivity index (χ3v) is 4.19. The zero-order valence-electron chi connectivity index (χ0n) is 15.2. The molecule has 0 atom stereocenters. The lowest BCUT2D eigenvalue weighted by atomic mass is 10.2. The summed E-state index contributed by atoms with van der Waals surface area (Å²) in [5.74, 6) is -0.152. The van der Waals surface area contributed by atoms with Crippen LogP contribution in [0.25, 0.3) is 6.08 Å². The summed E-state index contributed by atoms with van der Waals surface area (Å²) in [7, 11) is 1.49. The molecule has 2 amide bonds. The van der Waals surface area contributed by atoms with Crippen LogP contribution < -0.4 is 15.4 Å². The number of anilines is 2. The zero-order valence-corrected chi connectivity index (χ0v) is 16.7. The highest BCUT2D eigenvalue weighted by Crippen LogP contribution is 2.28. The minimum Gasteiger partial charge on any atom is -0.494 e. The molecule has 0 aliphatic heterocycles. The number of nitrogens with one attached hydrogen (secondary N) is 2. The summed E-state index contributed by atoms with van der Waals surface area (Å²) in [6.07, 6.45) is 2.97. The fourth-order valence-electron chi connectivity index (χ4n) is 2.14. The summed E-state index contributed by atoms with van der Waals surface area (Å²) in [6.45, 7) is 3.60. The number of carbonyl (C=O) groups excluding carboxylic acids is 2. The quantitative estimate of drug-likeness (QED) is 0.643. The van der Waals surface area contributed by atoms with E-state index >= 15 is 0 Å². The van der Waals surface area contributed by atoms with Crippen molar-refractivity contribution in [3.8, 4) is 5.75 Å². The van der Waals surface area contributed by atoms with E-state index < -0.39 is 0 Å². The number of methoxy groups -OCH3 is 1. The molecule has 0 heterocycles. The number of carbonyl (C=O) groups is 2. The molecule has 0 aromatic heterocycles. The van der Waals surface area contributed by atoms with Gasteiger partial charge in [0.05, 0.1) is 12.8 Å². The highest BCUT2D eigenvalue weighted by molar-refractivity contribution is 6.35. The molecule has 2 aromatic rings. The van der Waals surface area contributed by atoms with Crippen LogP contribution in [0.5, 0.6) is 5.75 Å². The predicted octanol–water partition coefficient (Wildman–Crippen LogP) is 5.25. The lowest BCUT2D eigenvalue weighted by Gasteiger charge is -2.13. The SMILES string of the molecule is COc1cc(NC(=O)C=Cc2ccc(Cl)cc2Cl)ccc1NC(=O)C(C)C. The Morgan fingerprint density at radius 2 is 1.81 bits per heavy atom. The maximum Gasteiger partial charge on any atom is 0.248 e. The van der Waals surface area contributed by atoms with E-state index in [4.69, 9.17) is 27.9 Å². The van der Waals surface area contributed by atoms with Gasteiger partial charge in [-0.15, -0.1) is 0 Å². The first-order chi connectivity index (χ1) is 12.8. The molecule has 2 rings (SSSR count). The number of halogens is 2. The molecule has 142 valence electrons. The number of benzene rings is 2. The topological polar surface area (TPSA) is 67.4 Å². The molecule has 0 aliphatic rings. The van der Waals surface area contributed by atoms with E-state index in [-0.39, 0.29) is 17.7 Å². The minimum atomic E-state index is -0.331. The zero-order chi connectivity index (χ0) is 20.0. The van der Waals surface area contributed by atoms with E-state index in [9.17, 15) is 9.59 Å². The average Bonchev–Trinajstić information content (AvgIpc) is 2.62. The maximum atomic E-state index is 12.1. The van der Waals surface area contributed by atoms with E-state index in [1.54, 1.807) is 56.3 Å². The molecular formula is C20H20Cl2N2O3. The lowest BCUT2D eigenvalue weighted by molar-refractivity contribution is -0.119. The second-order valence-corrected chi connectivity index (χ2v) is 6.89. The number of amides is 2. The van der Waals surface area contributed by atoms with E-state index in [1.807, 2.05) is 0 Å². The van der Waals surface area contributed by atoms with Crippen LogP contribution in [0.2, 0.25) is 10.0 Å². The molecule has 7 heteroatoms. The monoisotopic (exact) mass is 406 g/mol. The van der Waals surface area contributed by atoms with Crippen LogP contribution in [0.4, 0.5) is 11.4 Å². The van der Waals surface area contributed by atoms with E-state index in [0.717, 1.165) is 0 Å². The molecule has 27 heavy (non-hydrogen) atoms. The van der Waals surface area contributed by atoms with Crippen LogP contribution >= 0.6 is 23.2 Å². The summed E-state index contributed by atoms with van der Waals surface area (Å²) in [6, 6.07) is 10.0. The third-order valence-electron chi connectivity index (χ3n) is 3.63. The van der Waals surface area contributed by atoms with Gasteiger partial charge in [-0.2, -0.15) is 0 Å². The number of hydrogen-bond donors (Lipinski definition) is 2. The second-order valence-electron chi connectivity index (χ2n) is 6.05. The van der Waals surface area contributed by atoms with Crippen LogP contribution in [0.3, 0.4) is 0 Å². The molecule has 0 saturated heterocycles. The maximum absolute atomic E-state index is 12.1. The number of hydrogen-bond acceptors (Lipinski definition) is 3. The highest BCUT2D eigenvalue weighted by atomic mass is 35.5. The Morgan fingerprint density at radius 1 is 1.07 bits per heavy atom. The fourth-order valence-corrected chi connectivity index (χ4v) is 2.61. The van der Waals surface area contributed by atoms with E-state index in [0.29, 0.717) is 32.7 Å². The average molecular weight is 407 g/mol. The van der Waals surface area contributed by atoms with Crippen molar-refractivity contribution in [3.05, 3.63) is 58.1 Å². The Kier molecular flexibility index (Phi) is 7.28. The molecule has 0 unspecified atom stereocenters. The van der Waals surface area contributed by atoms with E-state index in [2.05, 4.69) is 10.6 Å². The Morgan fingerprint density at radius 3 is 2.44 bits per heavy atom. The highest BCUT2D eigenvalue weighted by Gasteiger charge is 2.12. The van der Waals surface area contributed by atoms with Crippen molar-refractivity contribution in [1.29, 1.82) is 0 Å². The Hall–Kier alpha value is -2.50. The van der Waals surface area contributed by atoms with Gasteiger partial charge in [-0.25, -0.2) is 0 Å². The summed E-state index contributed by atoms with van der Waals surface area (Å²) < 4.78 is 5.29. The van der Waals surface area contributed by atoms with Gasteiger partial charge < -0.3 is 15.4 Å². The summed E-state index contributed by atoms with van der Waals surface area (Å²) >= 11 is 11.9. The molecule has 0 aliphatic carbocycles. The normalized spacial score (nSPS) is 10.9. The summed E-state index contributed by atoms with van der Waals surface area (Å²) in [5.41, 5.74) is 1.75. The first kappa shape index (κ1) is 20.8. The fraction of sp³-hybridized carbons (Fsp3) is 0.200. The van der Waals surface area contributed by atoms with Crippen LogP contribution in [0.1, 0.15) is 19.4 Å². The molecule has 0 fully saturated rings. The van der Waals surface area contributed by atoms with Crippen LogP contribution in [-0.2, 0) is 9.59 Å². The van der Waals surface area contributed by atoms with Gasteiger partial charge in [-0.1, -0.05) is 43.1 Å². The predicted molar refractivity (Wildman–Crippen MR) is 111 cm³/mol. The Labute approximate surface area is 168 Å². The van der Waals surface area contributed by atoms with Gasteiger partial charge in [-0.3, -0.25) is 9.59 Å².